The van der Waals surface area contributed by atoms with Gasteiger partial charge in [0.15, 0.2) is 0 Å². The molecular formula is C12H16O4S. The fraction of sp³-hybridized carbons (Fsp3) is 0.500. The SMILES string of the molecule is C1OC1CSCC1CO1.Oc1cccc(O)c1. The van der Waals surface area contributed by atoms with Gasteiger partial charge in [-0.15, -0.1) is 0 Å². The molecule has 2 N–H and O–H groups in total. The molecule has 2 aliphatic rings. The monoisotopic (exact) mass is 256 g/mol. The Balaban J connectivity index is 0.000000128. The molecule has 5 heteroatoms. The molecule has 0 amide bonds. The van der Waals surface area contributed by atoms with Crippen molar-refractivity contribution in [2.45, 2.75) is 12.2 Å². The first-order chi connectivity index (χ1) is 8.24. The third-order valence-corrected chi connectivity index (χ3v) is 3.46. The van der Waals surface area contributed by atoms with Crippen LogP contribution in [0.4, 0.5) is 0 Å². The van der Waals surface area contributed by atoms with Gasteiger partial charge in [-0.25, -0.2) is 0 Å². The molecule has 0 bridgehead atoms. The molecule has 0 aliphatic carbocycles. The first kappa shape index (κ1) is 12.5. The van der Waals surface area contributed by atoms with Crippen LogP contribution in [0.3, 0.4) is 0 Å². The number of benzene rings is 1. The molecule has 1 aromatic rings. The lowest BCUT2D eigenvalue weighted by Gasteiger charge is -1.91. The standard InChI is InChI=1S/C6H10O2S.C6H6O2/c1-5(7-1)3-9-4-6-2-8-6;7-5-2-1-3-6(8)4-5/h5-6H,1-4H2;1-4,7-8H. The largest absolute Gasteiger partial charge is 0.508 e. The van der Waals surface area contributed by atoms with Crippen LogP contribution in [0, 0.1) is 0 Å². The van der Waals surface area contributed by atoms with Gasteiger partial charge in [0.2, 0.25) is 0 Å². The zero-order valence-corrected chi connectivity index (χ0v) is 10.2. The van der Waals surface area contributed by atoms with Crippen molar-refractivity contribution in [2.24, 2.45) is 0 Å². The van der Waals surface area contributed by atoms with Gasteiger partial charge in [-0.05, 0) is 12.1 Å². The molecule has 2 unspecified atom stereocenters. The third kappa shape index (κ3) is 5.81. The second kappa shape index (κ2) is 6.14. The number of hydrogen-bond acceptors (Lipinski definition) is 5. The van der Waals surface area contributed by atoms with Crippen molar-refractivity contribution in [1.82, 2.24) is 0 Å². The van der Waals surface area contributed by atoms with Gasteiger partial charge in [0.05, 0.1) is 25.4 Å². The molecule has 2 saturated heterocycles. The van der Waals surface area contributed by atoms with E-state index in [1.807, 2.05) is 11.8 Å². The van der Waals surface area contributed by atoms with Gasteiger partial charge in [-0.2, -0.15) is 11.8 Å². The van der Waals surface area contributed by atoms with Gasteiger partial charge in [0.25, 0.3) is 0 Å². The fourth-order valence-electron chi connectivity index (χ4n) is 1.15. The first-order valence-corrected chi connectivity index (χ1v) is 6.68. The molecule has 4 nitrogen and oxygen atoms in total. The van der Waals surface area contributed by atoms with Crippen molar-refractivity contribution >= 4 is 11.8 Å². The Morgan fingerprint density at radius 2 is 1.53 bits per heavy atom. The minimum absolute atomic E-state index is 0.0880. The number of rotatable bonds is 4. The van der Waals surface area contributed by atoms with Gasteiger partial charge in [-0.3, -0.25) is 0 Å². The highest BCUT2D eigenvalue weighted by Gasteiger charge is 2.26. The molecule has 17 heavy (non-hydrogen) atoms. The lowest BCUT2D eigenvalue weighted by molar-refractivity contribution is 0.422. The average Bonchev–Trinajstić information content (AvgIpc) is 3.13. The summed E-state index contributed by atoms with van der Waals surface area (Å²) in [5.74, 6) is 2.51. The molecule has 0 radical (unpaired) electrons. The fourth-order valence-corrected chi connectivity index (χ4v) is 2.20. The third-order valence-electron chi connectivity index (χ3n) is 2.24. The second-order valence-electron chi connectivity index (χ2n) is 3.97. The highest BCUT2D eigenvalue weighted by atomic mass is 32.2. The van der Waals surface area contributed by atoms with Crippen LogP contribution in [0.25, 0.3) is 0 Å². The zero-order chi connectivity index (χ0) is 12.1. The number of aromatic hydroxyl groups is 2. The summed E-state index contributed by atoms with van der Waals surface area (Å²) in [5, 5.41) is 17.3. The van der Waals surface area contributed by atoms with E-state index in [2.05, 4.69) is 0 Å². The Morgan fingerprint density at radius 3 is 1.82 bits per heavy atom. The molecule has 2 aliphatic heterocycles. The first-order valence-electron chi connectivity index (χ1n) is 5.53. The van der Waals surface area contributed by atoms with Crippen LogP contribution >= 0.6 is 11.8 Å². The summed E-state index contributed by atoms with van der Waals surface area (Å²) in [6.07, 6.45) is 1.16. The molecule has 3 rings (SSSR count). The van der Waals surface area contributed by atoms with Crippen molar-refractivity contribution < 1.29 is 19.7 Å². The maximum absolute atomic E-state index is 8.65. The topological polar surface area (TPSA) is 65.5 Å². The number of phenols is 2. The van der Waals surface area contributed by atoms with E-state index in [1.54, 1.807) is 6.07 Å². The molecule has 94 valence electrons. The normalized spacial score (nSPS) is 24.7. The maximum atomic E-state index is 8.65. The van der Waals surface area contributed by atoms with Crippen LogP contribution in [0.1, 0.15) is 0 Å². The Hall–Kier alpha value is -0.910. The number of epoxide rings is 2. The van der Waals surface area contributed by atoms with E-state index in [0.29, 0.717) is 12.2 Å². The van der Waals surface area contributed by atoms with Crippen molar-refractivity contribution in [3.63, 3.8) is 0 Å². The van der Waals surface area contributed by atoms with Gasteiger partial charge in [0, 0.05) is 17.6 Å². The Labute approximate surface area is 105 Å². The zero-order valence-electron chi connectivity index (χ0n) is 9.41. The van der Waals surface area contributed by atoms with E-state index in [4.69, 9.17) is 19.7 Å². The predicted molar refractivity (Wildman–Crippen MR) is 66.6 cm³/mol. The predicted octanol–water partition coefficient (Wildman–Crippen LogP) is 1.61. The summed E-state index contributed by atoms with van der Waals surface area (Å²) in [4.78, 5) is 0. The minimum atomic E-state index is 0.0880. The number of phenolic OH excluding ortho intramolecular Hbond substituents is 2. The van der Waals surface area contributed by atoms with Crippen LogP contribution in [0.5, 0.6) is 11.5 Å². The summed E-state index contributed by atoms with van der Waals surface area (Å²) < 4.78 is 10.1. The Kier molecular flexibility index (Phi) is 4.53. The number of ether oxygens (including phenoxy) is 2. The summed E-state index contributed by atoms with van der Waals surface area (Å²) in [6.45, 7) is 1.97. The van der Waals surface area contributed by atoms with E-state index < -0.39 is 0 Å². The van der Waals surface area contributed by atoms with Crippen LogP contribution < -0.4 is 0 Å². The van der Waals surface area contributed by atoms with Gasteiger partial charge in [-0.1, -0.05) is 6.07 Å². The molecule has 1 aromatic carbocycles. The molecule has 2 atom stereocenters. The summed E-state index contributed by atoms with van der Waals surface area (Å²) >= 11 is 1.94. The molecule has 2 heterocycles. The van der Waals surface area contributed by atoms with Crippen molar-refractivity contribution in [3.8, 4) is 11.5 Å². The number of hydrogen-bond donors (Lipinski definition) is 2. The molecule has 0 spiro atoms. The summed E-state index contributed by atoms with van der Waals surface area (Å²) in [5.41, 5.74) is 0. The second-order valence-corrected chi connectivity index (χ2v) is 5.04. The van der Waals surface area contributed by atoms with E-state index in [1.165, 1.54) is 29.7 Å². The lowest BCUT2D eigenvalue weighted by Crippen LogP contribution is -1.95. The van der Waals surface area contributed by atoms with E-state index in [0.717, 1.165) is 13.2 Å². The van der Waals surface area contributed by atoms with Gasteiger partial charge in [0.1, 0.15) is 11.5 Å². The maximum Gasteiger partial charge on any atom is 0.119 e. The van der Waals surface area contributed by atoms with E-state index in [9.17, 15) is 0 Å². The van der Waals surface area contributed by atoms with Crippen LogP contribution in [0.15, 0.2) is 24.3 Å². The molecule has 0 saturated carbocycles. The van der Waals surface area contributed by atoms with E-state index >= 15 is 0 Å². The molecule has 2 fully saturated rings. The number of thioether (sulfide) groups is 1. The summed E-state index contributed by atoms with van der Waals surface area (Å²) in [7, 11) is 0. The highest BCUT2D eigenvalue weighted by molar-refractivity contribution is 7.99. The molecule has 0 aromatic heterocycles. The highest BCUT2D eigenvalue weighted by Crippen LogP contribution is 2.20. The van der Waals surface area contributed by atoms with Gasteiger partial charge < -0.3 is 19.7 Å². The molecular weight excluding hydrogens is 240 g/mol. The Bertz CT molecular complexity index is 321. The summed E-state index contributed by atoms with van der Waals surface area (Å²) in [6, 6.07) is 5.85. The smallest absolute Gasteiger partial charge is 0.119 e. The quantitative estimate of drug-likeness (QED) is 0.801. The van der Waals surface area contributed by atoms with Crippen molar-refractivity contribution in [2.75, 3.05) is 24.7 Å². The van der Waals surface area contributed by atoms with Crippen LogP contribution in [0.2, 0.25) is 0 Å². The van der Waals surface area contributed by atoms with Gasteiger partial charge >= 0.3 is 0 Å². The van der Waals surface area contributed by atoms with Crippen LogP contribution in [-0.4, -0.2) is 47.1 Å². The van der Waals surface area contributed by atoms with Crippen molar-refractivity contribution in [3.05, 3.63) is 24.3 Å². The lowest BCUT2D eigenvalue weighted by atomic mass is 10.3. The van der Waals surface area contributed by atoms with E-state index in [-0.39, 0.29) is 11.5 Å². The minimum Gasteiger partial charge on any atom is -0.508 e. The Morgan fingerprint density at radius 1 is 1.06 bits per heavy atom. The van der Waals surface area contributed by atoms with Crippen LogP contribution in [-0.2, 0) is 9.47 Å². The van der Waals surface area contributed by atoms with Crippen molar-refractivity contribution in [1.29, 1.82) is 0 Å². The average molecular weight is 256 g/mol.